The molecule has 0 spiro atoms. The van der Waals surface area contributed by atoms with Gasteiger partial charge in [0.2, 0.25) is 10.0 Å². The lowest BCUT2D eigenvalue weighted by atomic mass is 10.2. The first-order valence-electron chi connectivity index (χ1n) is 7.45. The largest absolute Gasteiger partial charge is 0.493 e. The van der Waals surface area contributed by atoms with Crippen LogP contribution in [0, 0.1) is 5.82 Å². The van der Waals surface area contributed by atoms with Crippen LogP contribution in [0.3, 0.4) is 0 Å². The zero-order valence-electron chi connectivity index (χ0n) is 13.9. The molecule has 0 aliphatic carbocycles. The van der Waals surface area contributed by atoms with E-state index in [0.29, 0.717) is 17.2 Å². The van der Waals surface area contributed by atoms with Crippen molar-refractivity contribution in [2.24, 2.45) is 0 Å². The monoisotopic (exact) mass is 381 g/mol. The van der Waals surface area contributed by atoms with E-state index in [9.17, 15) is 17.6 Å². The van der Waals surface area contributed by atoms with E-state index in [1.165, 1.54) is 20.3 Å². The fourth-order valence-corrected chi connectivity index (χ4v) is 3.76. The molecule has 1 amide bonds. The highest BCUT2D eigenvalue weighted by molar-refractivity contribution is 7.89. The van der Waals surface area contributed by atoms with Crippen molar-refractivity contribution in [3.8, 4) is 11.5 Å². The van der Waals surface area contributed by atoms with Gasteiger partial charge in [-0.3, -0.25) is 4.79 Å². The highest BCUT2D eigenvalue weighted by Gasteiger charge is 2.33. The van der Waals surface area contributed by atoms with Crippen molar-refractivity contribution >= 4 is 27.3 Å². The predicted molar refractivity (Wildman–Crippen MR) is 92.3 cm³/mol. The molecule has 0 saturated heterocycles. The second-order valence-corrected chi connectivity index (χ2v) is 7.08. The first-order chi connectivity index (χ1) is 12.3. The van der Waals surface area contributed by atoms with Gasteiger partial charge in [-0.1, -0.05) is 0 Å². The van der Waals surface area contributed by atoms with E-state index >= 15 is 0 Å². The molecule has 0 aromatic heterocycles. The maximum absolute atomic E-state index is 13.4. The van der Waals surface area contributed by atoms with Gasteiger partial charge in [0, 0.05) is 11.8 Å². The number of hydrogen-bond acceptors (Lipinski definition) is 6. The number of anilines is 2. The third kappa shape index (κ3) is 3.41. The summed E-state index contributed by atoms with van der Waals surface area (Å²) in [6.45, 7) is 0. The average Bonchev–Trinajstić information content (AvgIpc) is 2.60. The fraction of sp³-hybridized carbons (Fsp3) is 0.188. The molecule has 0 radical (unpaired) electrons. The Labute approximate surface area is 149 Å². The van der Waals surface area contributed by atoms with Crippen LogP contribution in [0.2, 0.25) is 0 Å². The van der Waals surface area contributed by atoms with Crippen molar-refractivity contribution in [3.05, 3.63) is 42.2 Å². The number of methoxy groups -OCH3 is 2. The summed E-state index contributed by atoms with van der Waals surface area (Å²) in [6.07, 6.45) is -1.30. The highest BCUT2D eigenvalue weighted by Crippen LogP contribution is 2.30. The van der Waals surface area contributed by atoms with Crippen molar-refractivity contribution < 1.29 is 27.1 Å². The minimum Gasteiger partial charge on any atom is -0.493 e. The molecule has 3 N–H and O–H groups in total. The van der Waals surface area contributed by atoms with Crippen molar-refractivity contribution in [1.82, 2.24) is 4.72 Å². The van der Waals surface area contributed by atoms with E-state index in [0.717, 1.165) is 18.2 Å². The molecule has 10 heteroatoms. The van der Waals surface area contributed by atoms with Crippen LogP contribution in [0.15, 0.2) is 41.3 Å². The van der Waals surface area contributed by atoms with Crippen molar-refractivity contribution in [2.75, 3.05) is 24.9 Å². The molecule has 1 heterocycles. The molecule has 1 aliphatic rings. The van der Waals surface area contributed by atoms with Gasteiger partial charge in [-0.05, 0) is 30.3 Å². The maximum Gasteiger partial charge on any atom is 0.262 e. The summed E-state index contributed by atoms with van der Waals surface area (Å²) in [4.78, 5) is 12.3. The quantitative estimate of drug-likeness (QED) is 0.741. The SMILES string of the molecule is COc1ccc(NC(=O)[C@H]2Nc3cc(F)ccc3S(=O)(=O)N2)cc1OC. The molecule has 26 heavy (non-hydrogen) atoms. The first-order valence-corrected chi connectivity index (χ1v) is 8.93. The lowest BCUT2D eigenvalue weighted by molar-refractivity contribution is -0.117. The van der Waals surface area contributed by atoms with Gasteiger partial charge >= 0.3 is 0 Å². The molecule has 3 rings (SSSR count). The standard InChI is InChI=1S/C16H16FN3O5S/c1-24-12-5-4-10(8-13(12)25-2)18-16(21)15-19-11-7-9(17)3-6-14(11)26(22,23)20-15/h3-8,15,19-20H,1-2H3,(H,18,21)/t15-/m0/s1. The number of amides is 1. The number of fused-ring (bicyclic) bond motifs is 1. The number of hydrogen-bond donors (Lipinski definition) is 3. The summed E-state index contributed by atoms with van der Waals surface area (Å²) in [6, 6.07) is 7.88. The van der Waals surface area contributed by atoms with E-state index < -0.39 is 27.9 Å². The van der Waals surface area contributed by atoms with Crippen LogP contribution in [-0.2, 0) is 14.8 Å². The van der Waals surface area contributed by atoms with Gasteiger partial charge in [-0.2, -0.15) is 4.72 Å². The lowest BCUT2D eigenvalue weighted by Gasteiger charge is -2.27. The summed E-state index contributed by atoms with van der Waals surface area (Å²) < 4.78 is 50.4. The number of benzene rings is 2. The Morgan fingerprint density at radius 3 is 2.54 bits per heavy atom. The summed E-state index contributed by atoms with van der Waals surface area (Å²) in [5, 5.41) is 5.23. The van der Waals surface area contributed by atoms with Gasteiger partial charge in [0.05, 0.1) is 19.9 Å². The predicted octanol–water partition coefficient (Wildman–Crippen LogP) is 1.51. The zero-order valence-corrected chi connectivity index (χ0v) is 14.7. The first kappa shape index (κ1) is 18.0. The number of carbonyl (C=O) groups is 1. The normalized spacial score (nSPS) is 17.6. The number of rotatable bonds is 4. The minimum absolute atomic E-state index is 0.0104. The highest BCUT2D eigenvalue weighted by atomic mass is 32.2. The molecule has 0 fully saturated rings. The molecule has 1 atom stereocenters. The number of sulfonamides is 1. The second-order valence-electron chi connectivity index (χ2n) is 5.40. The van der Waals surface area contributed by atoms with Crippen LogP contribution in [-0.4, -0.2) is 34.7 Å². The molecule has 0 bridgehead atoms. The van der Waals surface area contributed by atoms with Crippen LogP contribution >= 0.6 is 0 Å². The number of carbonyl (C=O) groups excluding carboxylic acids is 1. The Morgan fingerprint density at radius 2 is 1.85 bits per heavy atom. The Bertz CT molecular complexity index is 964. The molecular formula is C16H16FN3O5S. The zero-order chi connectivity index (χ0) is 18.9. The summed E-state index contributed by atoms with van der Waals surface area (Å²) >= 11 is 0. The smallest absolute Gasteiger partial charge is 0.262 e. The Hall–Kier alpha value is -2.85. The third-order valence-electron chi connectivity index (χ3n) is 3.72. The number of nitrogens with one attached hydrogen (secondary N) is 3. The van der Waals surface area contributed by atoms with Gasteiger partial charge in [-0.15, -0.1) is 0 Å². The second kappa shape index (κ2) is 6.81. The van der Waals surface area contributed by atoms with E-state index in [4.69, 9.17) is 9.47 Å². The van der Waals surface area contributed by atoms with Gasteiger partial charge in [-0.25, -0.2) is 12.8 Å². The van der Waals surface area contributed by atoms with E-state index in [2.05, 4.69) is 15.4 Å². The van der Waals surface area contributed by atoms with Crippen LogP contribution in [0.4, 0.5) is 15.8 Å². The van der Waals surface area contributed by atoms with Gasteiger partial charge in [0.1, 0.15) is 10.7 Å². The third-order valence-corrected chi connectivity index (χ3v) is 5.20. The lowest BCUT2D eigenvalue weighted by Crippen LogP contribution is -2.51. The maximum atomic E-state index is 13.4. The van der Waals surface area contributed by atoms with Gasteiger partial charge < -0.3 is 20.1 Å². The topological polar surface area (TPSA) is 106 Å². The fourth-order valence-electron chi connectivity index (χ4n) is 2.50. The molecular weight excluding hydrogens is 365 g/mol. The van der Waals surface area contributed by atoms with Crippen molar-refractivity contribution in [1.29, 1.82) is 0 Å². The molecule has 138 valence electrons. The van der Waals surface area contributed by atoms with Gasteiger partial charge in [0.25, 0.3) is 5.91 Å². The van der Waals surface area contributed by atoms with Gasteiger partial charge in [0.15, 0.2) is 17.7 Å². The van der Waals surface area contributed by atoms with E-state index in [1.54, 1.807) is 12.1 Å². The Morgan fingerprint density at radius 1 is 1.12 bits per heavy atom. The van der Waals surface area contributed by atoms with Crippen LogP contribution in [0.1, 0.15) is 0 Å². The summed E-state index contributed by atoms with van der Waals surface area (Å²) in [5.41, 5.74) is 0.384. The number of halogens is 1. The molecule has 2 aromatic rings. The van der Waals surface area contributed by atoms with Crippen LogP contribution in [0.5, 0.6) is 11.5 Å². The molecule has 0 unspecified atom stereocenters. The summed E-state index contributed by atoms with van der Waals surface area (Å²) in [5.74, 6) is -0.413. The molecule has 1 aliphatic heterocycles. The van der Waals surface area contributed by atoms with Crippen molar-refractivity contribution in [2.45, 2.75) is 11.1 Å². The molecule has 0 saturated carbocycles. The number of ether oxygens (including phenoxy) is 2. The minimum atomic E-state index is -3.95. The Balaban J connectivity index is 1.83. The average molecular weight is 381 g/mol. The van der Waals surface area contributed by atoms with Crippen LogP contribution in [0.25, 0.3) is 0 Å². The van der Waals surface area contributed by atoms with E-state index in [1.807, 2.05) is 0 Å². The van der Waals surface area contributed by atoms with Crippen molar-refractivity contribution in [3.63, 3.8) is 0 Å². The van der Waals surface area contributed by atoms with E-state index in [-0.39, 0.29) is 10.6 Å². The van der Waals surface area contributed by atoms with Crippen LogP contribution < -0.4 is 24.8 Å². The summed E-state index contributed by atoms with van der Waals surface area (Å²) in [7, 11) is -1.02. The molecule has 2 aromatic carbocycles. The molecule has 8 nitrogen and oxygen atoms in total. The Kier molecular flexibility index (Phi) is 4.70.